The van der Waals surface area contributed by atoms with E-state index < -0.39 is 18.4 Å². The molecule has 0 aliphatic carbocycles. The maximum absolute atomic E-state index is 12.8. The van der Waals surface area contributed by atoms with Crippen LogP contribution < -0.4 is 5.32 Å². The van der Waals surface area contributed by atoms with Crippen LogP contribution in [0.25, 0.3) is 5.65 Å². The van der Waals surface area contributed by atoms with E-state index in [0.29, 0.717) is 15.0 Å². The van der Waals surface area contributed by atoms with E-state index in [1.54, 1.807) is 18.2 Å². The van der Waals surface area contributed by atoms with Crippen molar-refractivity contribution in [3.05, 3.63) is 39.3 Å². The molecule has 0 unspecified atom stereocenters. The van der Waals surface area contributed by atoms with Crippen molar-refractivity contribution in [2.45, 2.75) is 12.5 Å². The molecule has 3 heterocycles. The summed E-state index contributed by atoms with van der Waals surface area (Å²) in [6.07, 6.45) is -3.54. The van der Waals surface area contributed by atoms with Gasteiger partial charge < -0.3 is 10.4 Å². The maximum atomic E-state index is 12.8. The molecule has 6 nitrogen and oxygen atoms in total. The zero-order valence-electron chi connectivity index (χ0n) is 10.9. The third-order valence-corrected chi connectivity index (χ3v) is 4.21. The van der Waals surface area contributed by atoms with Crippen LogP contribution in [0.1, 0.15) is 23.2 Å². The fourth-order valence-corrected chi connectivity index (χ4v) is 2.89. The molecule has 0 aliphatic rings. The zero-order chi connectivity index (χ0) is 15.7. The minimum Gasteiger partial charge on any atom is -0.386 e. The molecule has 0 aliphatic heterocycles. The van der Waals surface area contributed by atoms with E-state index in [-0.39, 0.29) is 12.2 Å². The first kappa shape index (κ1) is 15.1. The molecule has 3 aromatic rings. The standard InChI is InChI=1S/C12H10ClF2N5OS/c13-8-2-1-7(22-8)6(21)5-16-9-3-4-10-17-18-12(11(14)15)20(10)19-9/h1-4,6,11,21H,5H2,(H,16,19)/t6-/m1/s1. The highest BCUT2D eigenvalue weighted by Crippen LogP contribution is 2.27. The third-order valence-electron chi connectivity index (χ3n) is 2.88. The van der Waals surface area contributed by atoms with Gasteiger partial charge >= 0.3 is 0 Å². The summed E-state index contributed by atoms with van der Waals surface area (Å²) in [5.41, 5.74) is 0.228. The van der Waals surface area contributed by atoms with Crippen LogP contribution in [0.3, 0.4) is 0 Å². The molecule has 3 aromatic heterocycles. The summed E-state index contributed by atoms with van der Waals surface area (Å²) < 4.78 is 27.1. The van der Waals surface area contributed by atoms with Gasteiger partial charge in [0.2, 0.25) is 5.82 Å². The zero-order valence-corrected chi connectivity index (χ0v) is 12.5. The number of aliphatic hydroxyl groups is 1. The predicted octanol–water partition coefficient (Wildman–Crippen LogP) is 2.92. The molecule has 116 valence electrons. The average molecular weight is 346 g/mol. The second-order valence-electron chi connectivity index (χ2n) is 4.39. The lowest BCUT2D eigenvalue weighted by Gasteiger charge is -2.10. The van der Waals surface area contributed by atoms with Gasteiger partial charge in [0.1, 0.15) is 11.9 Å². The van der Waals surface area contributed by atoms with Crippen molar-refractivity contribution in [1.82, 2.24) is 19.8 Å². The number of thiophene rings is 1. The molecule has 22 heavy (non-hydrogen) atoms. The van der Waals surface area contributed by atoms with Gasteiger partial charge in [-0.25, -0.2) is 8.78 Å². The van der Waals surface area contributed by atoms with E-state index in [1.165, 1.54) is 17.4 Å². The quantitative estimate of drug-likeness (QED) is 0.743. The highest BCUT2D eigenvalue weighted by Gasteiger charge is 2.17. The van der Waals surface area contributed by atoms with Gasteiger partial charge in [0, 0.05) is 11.4 Å². The van der Waals surface area contributed by atoms with Crippen molar-refractivity contribution in [2.24, 2.45) is 0 Å². The largest absolute Gasteiger partial charge is 0.386 e. The van der Waals surface area contributed by atoms with Crippen molar-refractivity contribution >= 4 is 34.4 Å². The van der Waals surface area contributed by atoms with E-state index in [0.717, 1.165) is 4.52 Å². The Balaban J connectivity index is 1.75. The van der Waals surface area contributed by atoms with Crippen LogP contribution in [0.15, 0.2) is 24.3 Å². The van der Waals surface area contributed by atoms with Gasteiger partial charge in [0.25, 0.3) is 6.43 Å². The third kappa shape index (κ3) is 3.01. The van der Waals surface area contributed by atoms with Crippen molar-refractivity contribution in [3.63, 3.8) is 0 Å². The molecular weight excluding hydrogens is 336 g/mol. The van der Waals surface area contributed by atoms with Crippen LogP contribution in [-0.2, 0) is 0 Å². The fourth-order valence-electron chi connectivity index (χ4n) is 1.85. The molecule has 0 saturated heterocycles. The first-order chi connectivity index (χ1) is 10.5. The summed E-state index contributed by atoms with van der Waals surface area (Å²) in [6.45, 7) is 0.168. The van der Waals surface area contributed by atoms with Crippen molar-refractivity contribution < 1.29 is 13.9 Å². The molecule has 0 spiro atoms. The van der Waals surface area contributed by atoms with Crippen LogP contribution in [0, 0.1) is 0 Å². The monoisotopic (exact) mass is 345 g/mol. The average Bonchev–Trinajstić information content (AvgIpc) is 3.10. The molecule has 0 amide bonds. The molecule has 0 radical (unpaired) electrons. The lowest BCUT2D eigenvalue weighted by Crippen LogP contribution is -2.13. The van der Waals surface area contributed by atoms with Crippen LogP contribution in [0.5, 0.6) is 0 Å². The number of halogens is 3. The first-order valence-electron chi connectivity index (χ1n) is 6.22. The SMILES string of the molecule is O[C@H](CNc1ccc2nnc(C(F)F)n2n1)c1ccc(Cl)s1. The Morgan fingerprint density at radius 3 is 2.77 bits per heavy atom. The highest BCUT2D eigenvalue weighted by molar-refractivity contribution is 7.16. The van der Waals surface area contributed by atoms with Crippen LogP contribution >= 0.6 is 22.9 Å². The number of nitrogens with zero attached hydrogens (tertiary/aromatic N) is 4. The molecule has 0 fully saturated rings. The molecule has 2 N–H and O–H groups in total. The van der Waals surface area contributed by atoms with Crippen LogP contribution in [-0.4, -0.2) is 31.5 Å². The van der Waals surface area contributed by atoms with Crippen molar-refractivity contribution in [1.29, 1.82) is 0 Å². The minimum atomic E-state index is -2.77. The summed E-state index contributed by atoms with van der Waals surface area (Å²) in [4.78, 5) is 0.705. The van der Waals surface area contributed by atoms with Gasteiger partial charge in [-0.2, -0.15) is 4.52 Å². The fraction of sp³-hybridized carbons (Fsp3) is 0.250. The molecule has 0 saturated carbocycles. The topological polar surface area (TPSA) is 75.3 Å². The van der Waals surface area contributed by atoms with Crippen molar-refractivity contribution in [2.75, 3.05) is 11.9 Å². The summed E-state index contributed by atoms with van der Waals surface area (Å²) >= 11 is 7.08. The number of anilines is 1. The van der Waals surface area contributed by atoms with E-state index in [1.807, 2.05) is 0 Å². The Morgan fingerprint density at radius 1 is 1.27 bits per heavy atom. The van der Waals surface area contributed by atoms with Crippen LogP contribution in [0.2, 0.25) is 4.34 Å². The van der Waals surface area contributed by atoms with Gasteiger partial charge in [-0.15, -0.1) is 26.6 Å². The highest BCUT2D eigenvalue weighted by atomic mass is 35.5. The Labute approximate surface area is 132 Å². The second-order valence-corrected chi connectivity index (χ2v) is 6.13. The molecular formula is C12H10ClF2N5OS. The number of nitrogens with one attached hydrogen (secondary N) is 1. The normalized spacial score (nSPS) is 13.0. The number of hydrogen-bond acceptors (Lipinski definition) is 6. The Kier molecular flexibility index (Phi) is 4.19. The maximum Gasteiger partial charge on any atom is 0.299 e. The number of aliphatic hydroxyl groups excluding tert-OH is 1. The number of fused-ring (bicyclic) bond motifs is 1. The second kappa shape index (κ2) is 6.11. The molecule has 0 aromatic carbocycles. The Hall–Kier alpha value is -1.84. The molecule has 0 bridgehead atoms. The van der Waals surface area contributed by atoms with Gasteiger partial charge in [0.15, 0.2) is 5.65 Å². The number of rotatable bonds is 5. The lowest BCUT2D eigenvalue weighted by atomic mass is 10.3. The molecule has 10 heteroatoms. The summed E-state index contributed by atoms with van der Waals surface area (Å²) in [7, 11) is 0. The summed E-state index contributed by atoms with van der Waals surface area (Å²) in [6, 6.07) is 6.52. The smallest absolute Gasteiger partial charge is 0.299 e. The van der Waals surface area contributed by atoms with Crippen molar-refractivity contribution in [3.8, 4) is 0 Å². The van der Waals surface area contributed by atoms with E-state index in [4.69, 9.17) is 11.6 Å². The first-order valence-corrected chi connectivity index (χ1v) is 7.41. The van der Waals surface area contributed by atoms with E-state index >= 15 is 0 Å². The van der Waals surface area contributed by atoms with E-state index in [2.05, 4.69) is 20.6 Å². The van der Waals surface area contributed by atoms with Gasteiger partial charge in [-0.05, 0) is 24.3 Å². The summed E-state index contributed by atoms with van der Waals surface area (Å²) in [5, 5.41) is 23.9. The predicted molar refractivity (Wildman–Crippen MR) is 78.5 cm³/mol. The summed E-state index contributed by atoms with van der Waals surface area (Å²) in [5.74, 6) is -0.194. The molecule has 1 atom stereocenters. The Morgan fingerprint density at radius 2 is 2.09 bits per heavy atom. The minimum absolute atomic E-state index is 0.168. The van der Waals surface area contributed by atoms with Gasteiger partial charge in [-0.1, -0.05) is 11.6 Å². The number of aromatic nitrogens is 4. The van der Waals surface area contributed by atoms with Gasteiger partial charge in [-0.3, -0.25) is 0 Å². The van der Waals surface area contributed by atoms with Gasteiger partial charge in [0.05, 0.1) is 4.34 Å². The number of alkyl halides is 2. The number of hydrogen-bond donors (Lipinski definition) is 2. The van der Waals surface area contributed by atoms with E-state index in [9.17, 15) is 13.9 Å². The lowest BCUT2D eigenvalue weighted by molar-refractivity contribution is 0.137. The Bertz CT molecular complexity index is 793. The van der Waals surface area contributed by atoms with Crippen LogP contribution in [0.4, 0.5) is 14.6 Å². The molecule has 3 rings (SSSR count).